The lowest BCUT2D eigenvalue weighted by atomic mass is 9.97. The number of nitrogen functional groups attached to an aromatic ring is 1. The Hall–Kier alpha value is -3.04. The number of nitrogens with two attached hydrogens (primary N) is 2. The Morgan fingerprint density at radius 1 is 0.946 bits per heavy atom. The van der Waals surface area contributed by atoms with Crippen molar-refractivity contribution in [1.82, 2.24) is 0 Å². The molecule has 3 aromatic rings. The van der Waals surface area contributed by atoms with Gasteiger partial charge in [0, 0.05) is 42.1 Å². The van der Waals surface area contributed by atoms with Crippen LogP contribution < -0.4 is 11.1 Å². The van der Waals surface area contributed by atoms with Gasteiger partial charge in [-0.15, -0.1) is 11.3 Å². The van der Waals surface area contributed by atoms with Crippen LogP contribution in [-0.4, -0.2) is 30.2 Å². The van der Waals surface area contributed by atoms with Crippen LogP contribution in [-0.2, 0) is 14.3 Å². The van der Waals surface area contributed by atoms with E-state index >= 15 is 0 Å². The molecule has 0 aliphatic carbocycles. The Balaban J connectivity index is 2.00. The molecule has 1 aliphatic rings. The first kappa shape index (κ1) is 27.0. The number of hydrogen-bond acceptors (Lipinski definition) is 7. The molecule has 0 amide bonds. The molecule has 190 valence electrons. The second-order valence-corrected chi connectivity index (χ2v) is 10.7. The van der Waals surface area contributed by atoms with Gasteiger partial charge in [0.05, 0.1) is 13.2 Å². The summed E-state index contributed by atoms with van der Waals surface area (Å²) < 4.78 is 10.6. The van der Waals surface area contributed by atoms with E-state index < -0.39 is 11.9 Å². The molecule has 4 rings (SSSR count). The van der Waals surface area contributed by atoms with Gasteiger partial charge in [0.2, 0.25) is 0 Å². The van der Waals surface area contributed by atoms with E-state index in [4.69, 9.17) is 43.8 Å². The molecule has 0 unspecified atom stereocenters. The van der Waals surface area contributed by atoms with Crippen molar-refractivity contribution < 1.29 is 24.5 Å². The predicted octanol–water partition coefficient (Wildman–Crippen LogP) is 5.74. The molecule has 1 aliphatic heterocycles. The number of thioether (sulfide) groups is 1. The van der Waals surface area contributed by atoms with Gasteiger partial charge in [0.1, 0.15) is 16.1 Å². The zero-order valence-electron chi connectivity index (χ0n) is 20.0. The number of thiophene rings is 1. The molecule has 6 nitrogen and oxygen atoms in total. The van der Waals surface area contributed by atoms with Gasteiger partial charge in [0.25, 0.3) is 5.04 Å². The van der Waals surface area contributed by atoms with Crippen molar-refractivity contribution in [3.63, 3.8) is 0 Å². The van der Waals surface area contributed by atoms with Crippen molar-refractivity contribution in [3.05, 3.63) is 85.1 Å². The number of hydrogen-bond donors (Lipinski definition) is 2. The van der Waals surface area contributed by atoms with Gasteiger partial charge in [0.15, 0.2) is 0 Å². The average Bonchev–Trinajstić information content (AvgIpc) is 3.35. The Labute approximate surface area is 232 Å². The zero-order valence-corrected chi connectivity index (χ0v) is 23.1. The average molecular weight is 575 g/mol. The highest BCUT2D eigenvalue weighted by Gasteiger charge is 2.38. The molecule has 0 spiro atoms. The summed E-state index contributed by atoms with van der Waals surface area (Å²) in [5, 5.41) is 7.82. The first-order valence-corrected chi connectivity index (χ1v) is 13.7. The molecule has 2 heterocycles. The number of rotatable bonds is 7. The van der Waals surface area contributed by atoms with Crippen molar-refractivity contribution in [1.29, 1.82) is 0 Å². The molecule has 0 atom stereocenters. The van der Waals surface area contributed by atoms with E-state index in [9.17, 15) is 9.59 Å². The number of allylic oxidation sites excluding steroid dienone is 1. The smallest absolute Gasteiger partial charge is 0.346 e. The topological polar surface area (TPSA) is 104 Å². The monoisotopic (exact) mass is 573 g/mol. The van der Waals surface area contributed by atoms with Crippen LogP contribution in [0.3, 0.4) is 0 Å². The standard InChI is InChI=1S/C27H22Cl2N2O4S2/c1-3-34-26(32)22-20(14-9-5-7-11-16(14)28)18(36-24(22)30)13-19-21(15-10-6-8-12-17(15)29)23(25(31)37-19)27(33)35-4-2/h5-13,30H,3-4,31H2,1-2H3/p+1. The highest BCUT2D eigenvalue weighted by atomic mass is 35.5. The third-order valence-electron chi connectivity index (χ3n) is 5.43. The van der Waals surface area contributed by atoms with E-state index in [2.05, 4.69) is 0 Å². The Bertz CT molecular complexity index is 1480. The Morgan fingerprint density at radius 2 is 1.51 bits per heavy atom. The molecule has 0 fully saturated rings. The maximum absolute atomic E-state index is 12.9. The first-order chi connectivity index (χ1) is 17.8. The number of carbonyl (C=O) groups excluding carboxylic acids is 2. The van der Waals surface area contributed by atoms with Crippen molar-refractivity contribution >= 4 is 79.9 Å². The summed E-state index contributed by atoms with van der Waals surface area (Å²) in [4.78, 5) is 27.2. The van der Waals surface area contributed by atoms with Crippen molar-refractivity contribution in [2.24, 2.45) is 0 Å². The first-order valence-electron chi connectivity index (χ1n) is 11.3. The molecule has 0 radical (unpaired) electrons. The van der Waals surface area contributed by atoms with E-state index in [0.29, 0.717) is 42.1 Å². The van der Waals surface area contributed by atoms with E-state index in [1.807, 2.05) is 30.3 Å². The van der Waals surface area contributed by atoms with Gasteiger partial charge >= 0.3 is 11.9 Å². The molecule has 0 bridgehead atoms. The molecule has 10 heteroatoms. The molecule has 0 saturated carbocycles. The number of halogens is 2. The summed E-state index contributed by atoms with van der Waals surface area (Å²) in [7, 11) is 0. The summed E-state index contributed by atoms with van der Waals surface area (Å²) >= 11 is 15.5. The zero-order chi connectivity index (χ0) is 26.7. The van der Waals surface area contributed by atoms with E-state index in [0.717, 1.165) is 0 Å². The van der Waals surface area contributed by atoms with Crippen LogP contribution in [0.1, 0.15) is 34.6 Å². The minimum absolute atomic E-state index is 0.191. The molecule has 37 heavy (non-hydrogen) atoms. The Morgan fingerprint density at radius 3 is 2.11 bits per heavy atom. The van der Waals surface area contributed by atoms with Crippen LogP contribution >= 0.6 is 46.3 Å². The molecule has 1 aromatic heterocycles. The van der Waals surface area contributed by atoms with Crippen LogP contribution in [0.4, 0.5) is 5.00 Å². The number of anilines is 1. The summed E-state index contributed by atoms with van der Waals surface area (Å²) in [5.74, 6) is -1.09. The largest absolute Gasteiger partial charge is 0.462 e. The van der Waals surface area contributed by atoms with E-state index in [-0.39, 0.29) is 34.4 Å². The molecular weight excluding hydrogens is 551 g/mol. The predicted molar refractivity (Wildman–Crippen MR) is 153 cm³/mol. The number of esters is 2. The lowest BCUT2D eigenvalue weighted by Gasteiger charge is -2.11. The third-order valence-corrected chi connectivity index (χ3v) is 8.02. The van der Waals surface area contributed by atoms with Gasteiger partial charge in [-0.2, -0.15) is 0 Å². The fourth-order valence-corrected chi connectivity index (χ4v) is 6.50. The second-order valence-electron chi connectivity index (χ2n) is 7.71. The minimum atomic E-state index is -0.546. The maximum Gasteiger partial charge on any atom is 0.346 e. The molecule has 4 N–H and O–H groups in total. The van der Waals surface area contributed by atoms with Gasteiger partial charge in [-0.05, 0) is 43.8 Å². The number of benzene rings is 2. The van der Waals surface area contributed by atoms with Crippen molar-refractivity contribution in [2.75, 3.05) is 18.9 Å². The van der Waals surface area contributed by atoms with E-state index in [1.165, 1.54) is 23.1 Å². The van der Waals surface area contributed by atoms with Gasteiger partial charge < -0.3 is 15.2 Å². The highest BCUT2D eigenvalue weighted by Crippen LogP contribution is 2.49. The quantitative estimate of drug-likeness (QED) is 0.349. The lowest BCUT2D eigenvalue weighted by Crippen LogP contribution is -2.39. The molecule has 0 saturated heterocycles. The van der Waals surface area contributed by atoms with Crippen LogP contribution in [0.5, 0.6) is 0 Å². The molecular formula is C27H23Cl2N2O4S2+. The molecule has 2 aromatic carbocycles. The third kappa shape index (κ3) is 5.33. The van der Waals surface area contributed by atoms with E-state index in [1.54, 1.807) is 38.1 Å². The number of carbonyl (C=O) groups is 2. The van der Waals surface area contributed by atoms with Gasteiger partial charge in [-0.3, -0.25) is 0 Å². The maximum atomic E-state index is 12.9. The van der Waals surface area contributed by atoms with Gasteiger partial charge in [-0.25, -0.2) is 15.0 Å². The fraction of sp³-hybridized carbons (Fsp3) is 0.148. The van der Waals surface area contributed by atoms with Crippen molar-refractivity contribution in [3.8, 4) is 11.1 Å². The summed E-state index contributed by atoms with van der Waals surface area (Å²) in [6, 6.07) is 14.3. The van der Waals surface area contributed by atoms with Gasteiger partial charge in [-0.1, -0.05) is 59.6 Å². The van der Waals surface area contributed by atoms with Crippen LogP contribution in [0.25, 0.3) is 22.8 Å². The highest BCUT2D eigenvalue weighted by molar-refractivity contribution is 8.18. The second kappa shape index (κ2) is 11.6. The van der Waals surface area contributed by atoms with Crippen molar-refractivity contribution in [2.45, 2.75) is 13.8 Å². The van der Waals surface area contributed by atoms with Crippen LogP contribution in [0.2, 0.25) is 10.0 Å². The SMILES string of the molecule is CCOC(=O)C1=C(c2ccccc2Cl)C(=Cc2sc(N)c(C(=O)OCC)c2-c2ccccc2Cl)SC1=[NH2+]. The minimum Gasteiger partial charge on any atom is -0.462 e. The summed E-state index contributed by atoms with van der Waals surface area (Å²) in [6.07, 6.45) is 1.84. The fourth-order valence-electron chi connectivity index (χ4n) is 3.93. The summed E-state index contributed by atoms with van der Waals surface area (Å²) in [5.41, 5.74) is 9.16. The lowest BCUT2D eigenvalue weighted by molar-refractivity contribution is -0.139. The van der Waals surface area contributed by atoms with Crippen LogP contribution in [0.15, 0.2) is 59.0 Å². The number of ether oxygens (including phenoxy) is 2. The summed E-state index contributed by atoms with van der Waals surface area (Å²) in [6.45, 7) is 3.83. The van der Waals surface area contributed by atoms with Crippen LogP contribution in [0, 0.1) is 0 Å². The Kier molecular flexibility index (Phi) is 8.44. The normalized spacial score (nSPS) is 14.4.